The SMILES string of the molecule is CCCCC(C)(CC)N(c1ccccc1)c1ccc2c(c1)Sc1cc(Nc3ccccc3)ccc1N2c1ccccc1. The van der Waals surface area contributed by atoms with E-state index in [2.05, 4.69) is 157 Å². The normalized spacial score (nSPS) is 13.5. The fourth-order valence-electron chi connectivity index (χ4n) is 5.91. The summed E-state index contributed by atoms with van der Waals surface area (Å²) < 4.78 is 0. The van der Waals surface area contributed by atoms with Gasteiger partial charge in [-0.25, -0.2) is 0 Å². The molecule has 1 N–H and O–H groups in total. The van der Waals surface area contributed by atoms with E-state index in [1.54, 1.807) is 0 Å². The Hall–Kier alpha value is -4.15. The number of nitrogens with one attached hydrogen (secondary N) is 1. The van der Waals surface area contributed by atoms with Crippen LogP contribution in [-0.4, -0.2) is 5.54 Å². The standard InChI is InChI=1S/C38H39N3S/c1-4-6-26-38(3,5-2)41(32-20-14-9-15-21-32)33-23-25-35-37(28-33)42-36-27-30(39-29-16-10-7-11-17-29)22-24-34(36)40(35)31-18-12-8-13-19-31/h7-25,27-28,39H,4-6,26H2,1-3H3. The van der Waals surface area contributed by atoms with E-state index in [-0.39, 0.29) is 5.54 Å². The third kappa shape index (κ3) is 5.64. The lowest BCUT2D eigenvalue weighted by atomic mass is 9.88. The monoisotopic (exact) mass is 569 g/mol. The van der Waals surface area contributed by atoms with Crippen molar-refractivity contribution in [1.29, 1.82) is 0 Å². The largest absolute Gasteiger partial charge is 0.355 e. The molecule has 0 fully saturated rings. The number of fused-ring (bicyclic) bond motifs is 2. The van der Waals surface area contributed by atoms with Crippen LogP contribution >= 0.6 is 11.8 Å². The summed E-state index contributed by atoms with van der Waals surface area (Å²) in [5.41, 5.74) is 8.25. The number of nitrogens with zero attached hydrogens (tertiary/aromatic N) is 2. The van der Waals surface area contributed by atoms with Crippen LogP contribution in [0.25, 0.3) is 0 Å². The van der Waals surface area contributed by atoms with Crippen LogP contribution in [0.3, 0.4) is 0 Å². The number of benzene rings is 5. The smallest absolute Gasteiger partial charge is 0.0603 e. The predicted molar refractivity (Wildman–Crippen MR) is 182 cm³/mol. The molecule has 3 nitrogen and oxygen atoms in total. The summed E-state index contributed by atoms with van der Waals surface area (Å²) in [5.74, 6) is 0. The zero-order valence-corrected chi connectivity index (χ0v) is 25.6. The Kier molecular flexibility index (Phi) is 8.25. The number of hydrogen-bond acceptors (Lipinski definition) is 4. The molecule has 1 unspecified atom stereocenters. The number of unbranched alkanes of at least 4 members (excludes halogenated alkanes) is 1. The van der Waals surface area contributed by atoms with E-state index >= 15 is 0 Å². The van der Waals surface area contributed by atoms with E-state index in [1.807, 2.05) is 17.8 Å². The van der Waals surface area contributed by atoms with Crippen molar-refractivity contribution < 1.29 is 0 Å². The van der Waals surface area contributed by atoms with Gasteiger partial charge in [0.15, 0.2) is 0 Å². The third-order valence-electron chi connectivity index (χ3n) is 8.32. The van der Waals surface area contributed by atoms with Crippen molar-refractivity contribution in [3.05, 3.63) is 127 Å². The minimum atomic E-state index is 0.00866. The van der Waals surface area contributed by atoms with Gasteiger partial charge in [0.05, 0.1) is 11.4 Å². The first kappa shape index (κ1) is 28.0. The number of anilines is 7. The maximum absolute atomic E-state index is 3.59. The first-order valence-electron chi connectivity index (χ1n) is 15.1. The number of rotatable bonds is 10. The van der Waals surface area contributed by atoms with Crippen molar-refractivity contribution in [2.75, 3.05) is 15.1 Å². The van der Waals surface area contributed by atoms with Crippen molar-refractivity contribution in [1.82, 2.24) is 0 Å². The molecule has 6 rings (SSSR count). The van der Waals surface area contributed by atoms with E-state index < -0.39 is 0 Å². The summed E-state index contributed by atoms with van der Waals surface area (Å²) in [6, 6.07) is 45.7. The minimum Gasteiger partial charge on any atom is -0.355 e. The van der Waals surface area contributed by atoms with Gasteiger partial charge in [-0.15, -0.1) is 0 Å². The molecule has 5 aromatic carbocycles. The van der Waals surface area contributed by atoms with Crippen molar-refractivity contribution in [2.45, 2.75) is 61.8 Å². The average Bonchev–Trinajstić information content (AvgIpc) is 3.04. The van der Waals surface area contributed by atoms with Gasteiger partial charge in [0.1, 0.15) is 0 Å². The molecule has 1 aliphatic heterocycles. The van der Waals surface area contributed by atoms with Crippen LogP contribution in [0.15, 0.2) is 137 Å². The van der Waals surface area contributed by atoms with Crippen LogP contribution in [-0.2, 0) is 0 Å². The zero-order valence-electron chi connectivity index (χ0n) is 24.8. The van der Waals surface area contributed by atoms with Gasteiger partial charge in [0, 0.05) is 43.8 Å². The Morgan fingerprint density at radius 3 is 1.95 bits per heavy atom. The van der Waals surface area contributed by atoms with E-state index in [4.69, 9.17) is 0 Å². The lowest BCUT2D eigenvalue weighted by molar-refractivity contribution is 0.395. The summed E-state index contributed by atoms with van der Waals surface area (Å²) in [6.07, 6.45) is 4.62. The Labute approximate surface area is 255 Å². The molecule has 0 bridgehead atoms. The Morgan fingerprint density at radius 1 is 0.667 bits per heavy atom. The van der Waals surface area contributed by atoms with Crippen LogP contribution in [0.2, 0.25) is 0 Å². The van der Waals surface area contributed by atoms with Gasteiger partial charge in [-0.3, -0.25) is 0 Å². The van der Waals surface area contributed by atoms with Gasteiger partial charge >= 0.3 is 0 Å². The maximum atomic E-state index is 3.59. The van der Waals surface area contributed by atoms with Crippen molar-refractivity contribution in [2.24, 2.45) is 0 Å². The van der Waals surface area contributed by atoms with Crippen LogP contribution in [0.1, 0.15) is 46.5 Å². The van der Waals surface area contributed by atoms with E-state index in [1.165, 1.54) is 45.4 Å². The van der Waals surface area contributed by atoms with E-state index in [9.17, 15) is 0 Å². The summed E-state index contributed by atoms with van der Waals surface area (Å²) >= 11 is 1.86. The highest BCUT2D eigenvalue weighted by molar-refractivity contribution is 7.99. The highest BCUT2D eigenvalue weighted by Crippen LogP contribution is 2.53. The van der Waals surface area contributed by atoms with Crippen molar-refractivity contribution in [3.8, 4) is 0 Å². The molecule has 0 amide bonds. The van der Waals surface area contributed by atoms with Gasteiger partial charge < -0.3 is 15.1 Å². The number of hydrogen-bond donors (Lipinski definition) is 1. The highest BCUT2D eigenvalue weighted by atomic mass is 32.2. The van der Waals surface area contributed by atoms with Crippen molar-refractivity contribution >= 4 is 51.6 Å². The lowest BCUT2D eigenvalue weighted by Crippen LogP contribution is -2.43. The molecule has 1 atom stereocenters. The van der Waals surface area contributed by atoms with Gasteiger partial charge in [-0.1, -0.05) is 93.0 Å². The summed E-state index contributed by atoms with van der Waals surface area (Å²) in [7, 11) is 0. The molecular formula is C38H39N3S. The second kappa shape index (κ2) is 12.4. The Bertz CT molecular complexity index is 1620. The van der Waals surface area contributed by atoms with Gasteiger partial charge in [-0.05, 0) is 92.6 Å². The van der Waals surface area contributed by atoms with Gasteiger partial charge in [0.25, 0.3) is 0 Å². The van der Waals surface area contributed by atoms with Gasteiger partial charge in [0.2, 0.25) is 0 Å². The molecule has 1 aliphatic rings. The Balaban J connectivity index is 1.46. The minimum absolute atomic E-state index is 0.00866. The van der Waals surface area contributed by atoms with Crippen LogP contribution < -0.4 is 15.1 Å². The molecule has 0 aromatic heterocycles. The molecule has 4 heteroatoms. The van der Waals surface area contributed by atoms with Crippen LogP contribution in [0.5, 0.6) is 0 Å². The average molecular weight is 570 g/mol. The van der Waals surface area contributed by atoms with E-state index in [0.29, 0.717) is 0 Å². The predicted octanol–water partition coefficient (Wildman–Crippen LogP) is 11.9. The third-order valence-corrected chi connectivity index (χ3v) is 9.42. The first-order valence-corrected chi connectivity index (χ1v) is 15.9. The molecular weight excluding hydrogens is 531 g/mol. The van der Waals surface area contributed by atoms with Crippen LogP contribution in [0, 0.1) is 0 Å². The highest BCUT2D eigenvalue weighted by Gasteiger charge is 2.33. The molecule has 0 radical (unpaired) electrons. The topological polar surface area (TPSA) is 18.5 Å². The maximum Gasteiger partial charge on any atom is 0.0603 e. The first-order chi connectivity index (χ1) is 20.6. The molecule has 5 aromatic rings. The summed E-state index contributed by atoms with van der Waals surface area (Å²) in [5, 5.41) is 3.59. The zero-order chi connectivity index (χ0) is 28.9. The second-order valence-electron chi connectivity index (χ2n) is 11.2. The molecule has 0 aliphatic carbocycles. The molecule has 0 saturated heterocycles. The fraction of sp³-hybridized carbons (Fsp3) is 0.211. The second-order valence-corrected chi connectivity index (χ2v) is 12.3. The molecule has 0 spiro atoms. The van der Waals surface area contributed by atoms with Crippen molar-refractivity contribution in [3.63, 3.8) is 0 Å². The number of para-hydroxylation sites is 3. The molecule has 42 heavy (non-hydrogen) atoms. The molecule has 212 valence electrons. The van der Waals surface area contributed by atoms with Crippen LogP contribution in [0.4, 0.5) is 39.8 Å². The van der Waals surface area contributed by atoms with Gasteiger partial charge in [-0.2, -0.15) is 0 Å². The Morgan fingerprint density at radius 2 is 1.29 bits per heavy atom. The fourth-order valence-corrected chi connectivity index (χ4v) is 7.04. The molecule has 0 saturated carbocycles. The quantitative estimate of drug-likeness (QED) is 0.177. The van der Waals surface area contributed by atoms with E-state index in [0.717, 1.165) is 29.9 Å². The summed E-state index contributed by atoms with van der Waals surface area (Å²) in [6.45, 7) is 7.04. The molecule has 1 heterocycles. The lowest BCUT2D eigenvalue weighted by Gasteiger charge is -2.44. The summed E-state index contributed by atoms with van der Waals surface area (Å²) in [4.78, 5) is 7.48.